The number of hydrogen-bond donors (Lipinski definition) is 1. The summed E-state index contributed by atoms with van der Waals surface area (Å²) in [6.45, 7) is 1.62. The highest BCUT2D eigenvalue weighted by Crippen LogP contribution is 2.23. The first-order valence-electron chi connectivity index (χ1n) is 9.29. The van der Waals surface area contributed by atoms with E-state index in [0.29, 0.717) is 31.3 Å². The second kappa shape index (κ2) is 10.7. The molecule has 0 saturated carbocycles. The van der Waals surface area contributed by atoms with Crippen molar-refractivity contribution in [1.29, 1.82) is 0 Å². The van der Waals surface area contributed by atoms with Gasteiger partial charge in [-0.1, -0.05) is 54.2 Å². The van der Waals surface area contributed by atoms with Crippen LogP contribution in [-0.2, 0) is 22.5 Å². The fourth-order valence-corrected chi connectivity index (χ4v) is 3.55. The van der Waals surface area contributed by atoms with Gasteiger partial charge in [-0.25, -0.2) is 4.39 Å². The Morgan fingerprint density at radius 3 is 2.62 bits per heavy atom. The molecule has 0 aliphatic carbocycles. The topological polar surface area (TPSA) is 69.0 Å². The third-order valence-corrected chi connectivity index (χ3v) is 5.22. The summed E-state index contributed by atoms with van der Waals surface area (Å²) in [7, 11) is 1.65. The lowest BCUT2D eigenvalue weighted by Crippen LogP contribution is -2.27. The number of halogens is 1. The third-order valence-electron chi connectivity index (χ3n) is 4.25. The van der Waals surface area contributed by atoms with Crippen LogP contribution in [0.2, 0.25) is 0 Å². The van der Waals surface area contributed by atoms with Gasteiger partial charge >= 0.3 is 0 Å². The minimum atomic E-state index is -0.262. The number of hydrogen-bond acceptors (Lipinski definition) is 5. The Morgan fingerprint density at radius 2 is 1.90 bits per heavy atom. The van der Waals surface area contributed by atoms with E-state index in [1.807, 2.05) is 34.9 Å². The second-order valence-corrected chi connectivity index (χ2v) is 7.27. The van der Waals surface area contributed by atoms with E-state index < -0.39 is 0 Å². The van der Waals surface area contributed by atoms with Crippen LogP contribution >= 0.6 is 11.8 Å². The van der Waals surface area contributed by atoms with Crippen molar-refractivity contribution in [2.45, 2.75) is 18.1 Å². The molecule has 8 heteroatoms. The Hall–Kier alpha value is -2.71. The highest BCUT2D eigenvalue weighted by atomic mass is 32.2. The second-order valence-electron chi connectivity index (χ2n) is 6.33. The van der Waals surface area contributed by atoms with Crippen molar-refractivity contribution >= 4 is 17.7 Å². The highest BCUT2D eigenvalue weighted by molar-refractivity contribution is 7.99. The van der Waals surface area contributed by atoms with E-state index in [-0.39, 0.29) is 17.5 Å². The van der Waals surface area contributed by atoms with Crippen LogP contribution in [0, 0.1) is 5.82 Å². The van der Waals surface area contributed by atoms with E-state index in [0.717, 1.165) is 17.0 Å². The van der Waals surface area contributed by atoms with Crippen molar-refractivity contribution in [2.24, 2.45) is 0 Å². The number of carbonyl (C=O) groups excluding carboxylic acids is 1. The lowest BCUT2D eigenvalue weighted by Gasteiger charge is -2.10. The molecule has 0 aliphatic rings. The Kier molecular flexibility index (Phi) is 7.77. The van der Waals surface area contributed by atoms with E-state index in [2.05, 4.69) is 15.5 Å². The van der Waals surface area contributed by atoms with Gasteiger partial charge in [0.15, 0.2) is 11.0 Å². The minimum Gasteiger partial charge on any atom is -0.383 e. The van der Waals surface area contributed by atoms with E-state index in [4.69, 9.17) is 4.74 Å². The van der Waals surface area contributed by atoms with Crippen LogP contribution in [0.4, 0.5) is 4.39 Å². The highest BCUT2D eigenvalue weighted by Gasteiger charge is 2.15. The predicted octanol–water partition coefficient (Wildman–Crippen LogP) is 3.18. The summed E-state index contributed by atoms with van der Waals surface area (Å²) in [5.74, 6) is 0.645. The smallest absolute Gasteiger partial charge is 0.230 e. The summed E-state index contributed by atoms with van der Waals surface area (Å²) in [6.07, 6.45) is 0.652. The fourth-order valence-electron chi connectivity index (χ4n) is 2.76. The molecular weight excluding hydrogens is 391 g/mol. The number of ether oxygens (including phenoxy) is 1. The van der Waals surface area contributed by atoms with E-state index in [1.165, 1.54) is 23.9 Å². The molecule has 3 aromatic rings. The van der Waals surface area contributed by atoms with Gasteiger partial charge in [0.2, 0.25) is 5.91 Å². The third kappa shape index (κ3) is 6.13. The van der Waals surface area contributed by atoms with Crippen molar-refractivity contribution in [3.63, 3.8) is 0 Å². The molecule has 0 atom stereocenters. The maximum Gasteiger partial charge on any atom is 0.230 e. The maximum atomic E-state index is 12.9. The molecule has 0 radical (unpaired) electrons. The van der Waals surface area contributed by atoms with Gasteiger partial charge in [0.05, 0.1) is 18.9 Å². The summed E-state index contributed by atoms with van der Waals surface area (Å²) < 4.78 is 20.1. The van der Waals surface area contributed by atoms with Crippen molar-refractivity contribution < 1.29 is 13.9 Å². The van der Waals surface area contributed by atoms with Gasteiger partial charge in [-0.05, 0) is 24.1 Å². The Morgan fingerprint density at radius 1 is 1.14 bits per heavy atom. The molecule has 0 aliphatic heterocycles. The van der Waals surface area contributed by atoms with Crippen LogP contribution in [-0.4, -0.2) is 46.7 Å². The summed E-state index contributed by atoms with van der Waals surface area (Å²) in [5, 5.41) is 12.1. The average Bonchev–Trinajstić information content (AvgIpc) is 3.15. The first-order chi connectivity index (χ1) is 14.2. The van der Waals surface area contributed by atoms with Gasteiger partial charge in [-0.15, -0.1) is 10.2 Å². The van der Waals surface area contributed by atoms with Crippen LogP contribution in [0.3, 0.4) is 0 Å². The van der Waals surface area contributed by atoms with Gasteiger partial charge in [0.25, 0.3) is 0 Å². The molecule has 0 fully saturated rings. The van der Waals surface area contributed by atoms with E-state index >= 15 is 0 Å². The van der Waals surface area contributed by atoms with Crippen LogP contribution in [0.5, 0.6) is 0 Å². The summed E-state index contributed by atoms with van der Waals surface area (Å²) in [4.78, 5) is 12.2. The number of nitrogens with one attached hydrogen (secondary N) is 1. The zero-order valence-corrected chi connectivity index (χ0v) is 17.0. The first kappa shape index (κ1) is 21.0. The molecule has 2 aromatic carbocycles. The van der Waals surface area contributed by atoms with Gasteiger partial charge in [0, 0.05) is 19.2 Å². The Balaban J connectivity index is 1.55. The standard InChI is InChI=1S/C21H23FN4O2S/c1-28-14-13-26-20(17-5-3-2-4-6-17)24-25-21(26)29-15-19(27)23-12-11-16-7-9-18(22)10-8-16/h2-10H,11-15H2,1H3,(H,23,27). The Bertz CT molecular complexity index is 916. The number of carbonyl (C=O) groups is 1. The van der Waals surface area contributed by atoms with Crippen molar-refractivity contribution in [3.05, 3.63) is 66.0 Å². The van der Waals surface area contributed by atoms with Crippen molar-refractivity contribution in [2.75, 3.05) is 26.0 Å². The van der Waals surface area contributed by atoms with Gasteiger partial charge in [-0.3, -0.25) is 9.36 Å². The van der Waals surface area contributed by atoms with Gasteiger partial charge in [-0.2, -0.15) is 0 Å². The predicted molar refractivity (Wildman–Crippen MR) is 111 cm³/mol. The summed E-state index contributed by atoms with van der Waals surface area (Å²) in [6, 6.07) is 16.1. The number of aromatic nitrogens is 3. The fraction of sp³-hybridized carbons (Fsp3) is 0.286. The molecule has 29 heavy (non-hydrogen) atoms. The van der Waals surface area contributed by atoms with Crippen LogP contribution in [0.1, 0.15) is 5.56 Å². The van der Waals surface area contributed by atoms with Crippen molar-refractivity contribution in [1.82, 2.24) is 20.1 Å². The first-order valence-corrected chi connectivity index (χ1v) is 10.3. The summed E-state index contributed by atoms with van der Waals surface area (Å²) in [5.41, 5.74) is 1.94. The number of methoxy groups -OCH3 is 1. The molecule has 1 heterocycles. The average molecular weight is 415 g/mol. The number of thioether (sulfide) groups is 1. The lowest BCUT2D eigenvalue weighted by atomic mass is 10.1. The lowest BCUT2D eigenvalue weighted by molar-refractivity contribution is -0.118. The number of nitrogens with zero attached hydrogens (tertiary/aromatic N) is 3. The van der Waals surface area contributed by atoms with Crippen LogP contribution < -0.4 is 5.32 Å². The molecule has 1 aromatic heterocycles. The van der Waals surface area contributed by atoms with Crippen LogP contribution in [0.25, 0.3) is 11.4 Å². The van der Waals surface area contributed by atoms with E-state index in [9.17, 15) is 9.18 Å². The molecule has 1 amide bonds. The quantitative estimate of drug-likeness (QED) is 0.516. The SMILES string of the molecule is COCCn1c(SCC(=O)NCCc2ccc(F)cc2)nnc1-c1ccccc1. The molecule has 0 unspecified atom stereocenters. The largest absolute Gasteiger partial charge is 0.383 e. The van der Waals surface area contributed by atoms with Gasteiger partial charge in [0.1, 0.15) is 5.82 Å². The van der Waals surface area contributed by atoms with Crippen LogP contribution in [0.15, 0.2) is 59.8 Å². The minimum absolute atomic E-state index is 0.0836. The molecule has 0 spiro atoms. The monoisotopic (exact) mass is 414 g/mol. The number of benzene rings is 2. The molecule has 6 nitrogen and oxygen atoms in total. The zero-order valence-electron chi connectivity index (χ0n) is 16.2. The normalized spacial score (nSPS) is 10.8. The molecule has 1 N–H and O–H groups in total. The van der Waals surface area contributed by atoms with E-state index in [1.54, 1.807) is 19.2 Å². The number of rotatable bonds is 10. The molecule has 3 rings (SSSR count). The molecule has 152 valence electrons. The number of amides is 1. The summed E-state index contributed by atoms with van der Waals surface area (Å²) >= 11 is 1.34. The molecule has 0 bridgehead atoms. The molecule has 0 saturated heterocycles. The Labute approximate surface area is 173 Å². The van der Waals surface area contributed by atoms with Gasteiger partial charge < -0.3 is 10.1 Å². The zero-order chi connectivity index (χ0) is 20.5. The maximum absolute atomic E-state index is 12.9. The molecular formula is C21H23FN4O2S. The van der Waals surface area contributed by atoms with Crippen molar-refractivity contribution in [3.8, 4) is 11.4 Å².